The van der Waals surface area contributed by atoms with Gasteiger partial charge in [-0.3, -0.25) is 0 Å². The molecule has 4 heteroatoms. The number of nitrogens with one attached hydrogen (secondary N) is 2. The minimum absolute atomic E-state index is 0.229. The molecule has 1 aliphatic heterocycles. The molecule has 20 heavy (non-hydrogen) atoms. The summed E-state index contributed by atoms with van der Waals surface area (Å²) in [6, 6.07) is 5.56. The van der Waals surface area contributed by atoms with Gasteiger partial charge in [0.2, 0.25) is 0 Å². The van der Waals surface area contributed by atoms with Crippen molar-refractivity contribution in [2.45, 2.75) is 51.1 Å². The van der Waals surface area contributed by atoms with Crippen molar-refractivity contribution in [1.82, 2.24) is 5.32 Å². The molecule has 0 saturated carbocycles. The molecule has 1 aromatic carbocycles. The minimum Gasteiger partial charge on any atom is -0.497 e. The second-order valence-electron chi connectivity index (χ2n) is 5.63. The van der Waals surface area contributed by atoms with E-state index in [1.165, 1.54) is 31.7 Å². The predicted octanol–water partition coefficient (Wildman–Crippen LogP) is 3.56. The summed E-state index contributed by atoms with van der Waals surface area (Å²) in [6.45, 7) is 3.20. The summed E-state index contributed by atoms with van der Waals surface area (Å²) < 4.78 is 18.9. The second kappa shape index (κ2) is 7.48. The second-order valence-corrected chi connectivity index (χ2v) is 5.63. The molecule has 112 valence electrons. The molecule has 2 atom stereocenters. The first-order valence-electron chi connectivity index (χ1n) is 7.52. The molecular formula is C16H25FN2O. The molecule has 1 saturated heterocycles. The molecule has 0 aromatic heterocycles. The summed E-state index contributed by atoms with van der Waals surface area (Å²) in [6.07, 6.45) is 6.10. The van der Waals surface area contributed by atoms with Gasteiger partial charge in [0.1, 0.15) is 11.6 Å². The van der Waals surface area contributed by atoms with Crippen molar-refractivity contribution in [3.63, 3.8) is 0 Å². The number of ether oxygens (including phenoxy) is 1. The van der Waals surface area contributed by atoms with Crippen LogP contribution in [0.2, 0.25) is 0 Å². The number of hydrogen-bond donors (Lipinski definition) is 2. The summed E-state index contributed by atoms with van der Waals surface area (Å²) in [5, 5.41) is 6.83. The molecule has 2 rings (SSSR count). The molecular weight excluding hydrogens is 255 g/mol. The lowest BCUT2D eigenvalue weighted by Crippen LogP contribution is -2.33. The Morgan fingerprint density at radius 3 is 3.05 bits per heavy atom. The van der Waals surface area contributed by atoms with E-state index in [4.69, 9.17) is 4.74 Å². The van der Waals surface area contributed by atoms with Crippen molar-refractivity contribution < 1.29 is 9.13 Å². The van der Waals surface area contributed by atoms with Crippen molar-refractivity contribution in [2.75, 3.05) is 19.0 Å². The quantitative estimate of drug-likeness (QED) is 0.865. The predicted molar refractivity (Wildman–Crippen MR) is 80.9 cm³/mol. The third kappa shape index (κ3) is 4.37. The van der Waals surface area contributed by atoms with Crippen LogP contribution >= 0.6 is 0 Å². The van der Waals surface area contributed by atoms with Crippen molar-refractivity contribution in [1.29, 1.82) is 0 Å². The van der Waals surface area contributed by atoms with Gasteiger partial charge in [0, 0.05) is 18.2 Å². The third-order valence-electron chi connectivity index (χ3n) is 3.88. The average molecular weight is 280 g/mol. The minimum atomic E-state index is -0.230. The monoisotopic (exact) mass is 280 g/mol. The number of benzene rings is 1. The zero-order chi connectivity index (χ0) is 14.4. The number of anilines is 1. The van der Waals surface area contributed by atoms with Crippen LogP contribution in [0.25, 0.3) is 0 Å². The topological polar surface area (TPSA) is 33.3 Å². The molecule has 0 radical (unpaired) electrons. The fraction of sp³-hybridized carbons (Fsp3) is 0.625. The molecule has 0 spiro atoms. The van der Waals surface area contributed by atoms with E-state index in [1.807, 2.05) is 0 Å². The first-order chi connectivity index (χ1) is 9.69. The van der Waals surface area contributed by atoms with Crippen molar-refractivity contribution in [3.05, 3.63) is 24.0 Å². The SMILES string of the molecule is COc1ccc(F)c(NC(C)CC2CCCCCN2)c1. The highest BCUT2D eigenvalue weighted by molar-refractivity contribution is 5.50. The van der Waals surface area contributed by atoms with Crippen molar-refractivity contribution >= 4 is 5.69 Å². The molecule has 1 heterocycles. The van der Waals surface area contributed by atoms with Crippen LogP contribution < -0.4 is 15.4 Å². The summed E-state index contributed by atoms with van der Waals surface area (Å²) in [5.41, 5.74) is 0.519. The maximum absolute atomic E-state index is 13.8. The van der Waals surface area contributed by atoms with Gasteiger partial charge in [-0.05, 0) is 44.9 Å². The van der Waals surface area contributed by atoms with E-state index >= 15 is 0 Å². The van der Waals surface area contributed by atoms with E-state index in [0.29, 0.717) is 17.5 Å². The van der Waals surface area contributed by atoms with Gasteiger partial charge < -0.3 is 15.4 Å². The molecule has 0 bridgehead atoms. The fourth-order valence-corrected chi connectivity index (χ4v) is 2.80. The third-order valence-corrected chi connectivity index (χ3v) is 3.88. The first kappa shape index (κ1) is 15.1. The molecule has 2 unspecified atom stereocenters. The summed E-state index contributed by atoms with van der Waals surface area (Å²) in [7, 11) is 1.59. The van der Waals surface area contributed by atoms with Gasteiger partial charge in [0.25, 0.3) is 0 Å². The molecule has 0 aliphatic carbocycles. The van der Waals surface area contributed by atoms with E-state index < -0.39 is 0 Å². The van der Waals surface area contributed by atoms with Gasteiger partial charge >= 0.3 is 0 Å². The van der Waals surface area contributed by atoms with Crippen molar-refractivity contribution in [2.24, 2.45) is 0 Å². The van der Waals surface area contributed by atoms with E-state index in [2.05, 4.69) is 17.6 Å². The summed E-state index contributed by atoms with van der Waals surface area (Å²) in [5.74, 6) is 0.445. The zero-order valence-corrected chi connectivity index (χ0v) is 12.4. The van der Waals surface area contributed by atoms with Crippen LogP contribution in [0.5, 0.6) is 5.75 Å². The Bertz CT molecular complexity index is 417. The molecule has 1 aliphatic rings. The lowest BCUT2D eigenvalue weighted by molar-refractivity contribution is 0.413. The van der Waals surface area contributed by atoms with E-state index in [9.17, 15) is 4.39 Å². The maximum atomic E-state index is 13.8. The average Bonchev–Trinajstić information content (AvgIpc) is 2.70. The Balaban J connectivity index is 1.91. The van der Waals surface area contributed by atoms with E-state index in [1.54, 1.807) is 19.2 Å². The lowest BCUT2D eigenvalue weighted by Gasteiger charge is -2.22. The first-order valence-corrected chi connectivity index (χ1v) is 7.52. The number of halogens is 1. The Morgan fingerprint density at radius 1 is 1.40 bits per heavy atom. The molecule has 1 fully saturated rings. The summed E-state index contributed by atoms with van der Waals surface area (Å²) in [4.78, 5) is 0. The molecule has 1 aromatic rings. The fourth-order valence-electron chi connectivity index (χ4n) is 2.80. The van der Waals surface area contributed by atoms with E-state index in [-0.39, 0.29) is 11.9 Å². The van der Waals surface area contributed by atoms with Crippen LogP contribution in [0.15, 0.2) is 18.2 Å². The molecule has 2 N–H and O–H groups in total. The highest BCUT2D eigenvalue weighted by atomic mass is 19.1. The number of methoxy groups -OCH3 is 1. The lowest BCUT2D eigenvalue weighted by atomic mass is 10.0. The number of hydrogen-bond acceptors (Lipinski definition) is 3. The number of rotatable bonds is 5. The van der Waals surface area contributed by atoms with Gasteiger partial charge in [0.15, 0.2) is 0 Å². The highest BCUT2D eigenvalue weighted by Gasteiger charge is 2.16. The Hall–Kier alpha value is -1.29. The molecule has 0 amide bonds. The van der Waals surface area contributed by atoms with E-state index in [0.717, 1.165) is 13.0 Å². The Labute approximate surface area is 120 Å². The van der Waals surface area contributed by atoms with Crippen molar-refractivity contribution in [3.8, 4) is 5.75 Å². The normalized spacial score (nSPS) is 21.1. The smallest absolute Gasteiger partial charge is 0.146 e. The maximum Gasteiger partial charge on any atom is 0.146 e. The highest BCUT2D eigenvalue weighted by Crippen LogP contribution is 2.23. The van der Waals surface area contributed by atoms with Gasteiger partial charge in [0.05, 0.1) is 12.8 Å². The molecule has 3 nitrogen and oxygen atoms in total. The van der Waals surface area contributed by atoms with Crippen LogP contribution in [-0.4, -0.2) is 25.7 Å². The van der Waals surface area contributed by atoms with Crippen LogP contribution in [0, 0.1) is 5.82 Å². The van der Waals surface area contributed by atoms with Gasteiger partial charge in [-0.2, -0.15) is 0 Å². The largest absolute Gasteiger partial charge is 0.497 e. The van der Waals surface area contributed by atoms with Crippen LogP contribution in [0.3, 0.4) is 0 Å². The van der Waals surface area contributed by atoms with Crippen LogP contribution in [0.1, 0.15) is 39.0 Å². The summed E-state index contributed by atoms with van der Waals surface area (Å²) >= 11 is 0. The zero-order valence-electron chi connectivity index (χ0n) is 12.4. The van der Waals surface area contributed by atoms with Crippen LogP contribution in [0.4, 0.5) is 10.1 Å². The van der Waals surface area contributed by atoms with Gasteiger partial charge in [-0.15, -0.1) is 0 Å². The van der Waals surface area contributed by atoms with Gasteiger partial charge in [-0.1, -0.05) is 12.8 Å². The van der Waals surface area contributed by atoms with Gasteiger partial charge in [-0.25, -0.2) is 4.39 Å². The standard InChI is InChI=1S/C16H25FN2O/c1-12(10-13-6-4-3-5-9-18-13)19-16-11-14(20-2)7-8-15(16)17/h7-8,11-13,18-19H,3-6,9-10H2,1-2H3. The Morgan fingerprint density at radius 2 is 2.25 bits per heavy atom. The van der Waals surface area contributed by atoms with Crippen LogP contribution in [-0.2, 0) is 0 Å². The Kier molecular flexibility index (Phi) is 5.65.